The van der Waals surface area contributed by atoms with Crippen LogP contribution in [0.1, 0.15) is 28.5 Å². The third kappa shape index (κ3) is 5.49. The second kappa shape index (κ2) is 9.58. The maximum atomic E-state index is 15.2. The van der Waals surface area contributed by atoms with Gasteiger partial charge in [-0.25, -0.2) is 9.37 Å². The van der Waals surface area contributed by atoms with Gasteiger partial charge < -0.3 is 20.1 Å². The second-order valence-corrected chi connectivity index (χ2v) is 7.65. The standard InChI is InChI=1S/C21H15Cl3FN3O3/c1-11(29)2-3-12-6-14(22)8-15(7-12)31-19-16(23)5-4-13(17(19)25)9-28-10-27-20(24)18(28)21(26)30/h4-8,10-11,29H,9H2,1H3,(H2,26,30)/t11-/m0/s1. The normalized spacial score (nSPS) is 11.5. The molecule has 0 radical (unpaired) electrons. The zero-order valence-electron chi connectivity index (χ0n) is 16.0. The van der Waals surface area contributed by atoms with Gasteiger partial charge in [0.15, 0.2) is 16.7 Å². The SMILES string of the molecule is C[C@H](O)C#Cc1cc(Cl)cc(Oc2c(Cl)ccc(Cn3cnc(Cl)c3C(N)=O)c2F)c1. The molecule has 10 heteroatoms. The minimum atomic E-state index is -0.825. The first-order valence-electron chi connectivity index (χ1n) is 8.81. The molecule has 0 spiro atoms. The Hall–Kier alpha value is -2.76. The van der Waals surface area contributed by atoms with Crippen molar-refractivity contribution < 1.29 is 19.0 Å². The average molecular weight is 483 g/mol. The molecule has 1 aromatic heterocycles. The highest BCUT2D eigenvalue weighted by atomic mass is 35.5. The molecule has 0 aliphatic rings. The molecule has 1 atom stereocenters. The van der Waals surface area contributed by atoms with Crippen molar-refractivity contribution in [3.63, 3.8) is 0 Å². The Morgan fingerprint density at radius 2 is 2.06 bits per heavy atom. The van der Waals surface area contributed by atoms with Crippen LogP contribution in [0.25, 0.3) is 0 Å². The van der Waals surface area contributed by atoms with Crippen LogP contribution in [0.15, 0.2) is 36.7 Å². The molecule has 3 rings (SSSR count). The van der Waals surface area contributed by atoms with Crippen LogP contribution in [0.4, 0.5) is 4.39 Å². The number of aromatic nitrogens is 2. The Labute approximate surface area is 192 Å². The topological polar surface area (TPSA) is 90.4 Å². The minimum Gasteiger partial charge on any atom is -0.453 e. The van der Waals surface area contributed by atoms with Crippen LogP contribution >= 0.6 is 34.8 Å². The van der Waals surface area contributed by atoms with Crippen molar-refractivity contribution in [3.8, 4) is 23.3 Å². The van der Waals surface area contributed by atoms with Crippen LogP contribution in [0.5, 0.6) is 11.5 Å². The zero-order chi connectivity index (χ0) is 22.7. The summed E-state index contributed by atoms with van der Waals surface area (Å²) in [5, 5.41) is 9.57. The van der Waals surface area contributed by atoms with E-state index in [0.29, 0.717) is 10.6 Å². The van der Waals surface area contributed by atoms with Gasteiger partial charge in [-0.1, -0.05) is 52.7 Å². The third-order valence-electron chi connectivity index (χ3n) is 4.01. The number of aliphatic hydroxyl groups is 1. The van der Waals surface area contributed by atoms with Crippen LogP contribution in [0, 0.1) is 17.7 Å². The van der Waals surface area contributed by atoms with Gasteiger partial charge in [-0.2, -0.15) is 0 Å². The molecule has 0 bridgehead atoms. The number of primary amides is 1. The Morgan fingerprint density at radius 1 is 1.32 bits per heavy atom. The highest BCUT2D eigenvalue weighted by Gasteiger charge is 2.19. The Morgan fingerprint density at radius 3 is 2.74 bits per heavy atom. The Kier molecular flexibility index (Phi) is 7.08. The van der Waals surface area contributed by atoms with E-state index in [2.05, 4.69) is 16.8 Å². The number of benzene rings is 2. The summed E-state index contributed by atoms with van der Waals surface area (Å²) < 4.78 is 22.2. The van der Waals surface area contributed by atoms with Crippen LogP contribution in [0.3, 0.4) is 0 Å². The van der Waals surface area contributed by atoms with E-state index in [-0.39, 0.29) is 39.5 Å². The fourth-order valence-corrected chi connectivity index (χ4v) is 3.35. The van der Waals surface area contributed by atoms with E-state index in [1.165, 1.54) is 42.1 Å². The Balaban J connectivity index is 1.96. The number of aliphatic hydroxyl groups excluding tert-OH is 1. The van der Waals surface area contributed by atoms with Gasteiger partial charge in [0.25, 0.3) is 5.91 Å². The number of hydrogen-bond acceptors (Lipinski definition) is 4. The van der Waals surface area contributed by atoms with E-state index in [0.717, 1.165) is 0 Å². The van der Waals surface area contributed by atoms with Crippen molar-refractivity contribution >= 4 is 40.7 Å². The molecule has 0 saturated heterocycles. The summed E-state index contributed by atoms with van der Waals surface area (Å²) in [7, 11) is 0. The van der Waals surface area contributed by atoms with E-state index >= 15 is 4.39 Å². The van der Waals surface area contributed by atoms with Crippen molar-refractivity contribution in [1.82, 2.24) is 9.55 Å². The van der Waals surface area contributed by atoms with Crippen molar-refractivity contribution in [1.29, 1.82) is 0 Å². The molecule has 6 nitrogen and oxygen atoms in total. The molecule has 0 aliphatic carbocycles. The molecule has 0 saturated carbocycles. The van der Waals surface area contributed by atoms with Gasteiger partial charge in [0.1, 0.15) is 17.5 Å². The van der Waals surface area contributed by atoms with E-state index < -0.39 is 17.8 Å². The summed E-state index contributed by atoms with van der Waals surface area (Å²) in [6.45, 7) is 1.44. The summed E-state index contributed by atoms with van der Waals surface area (Å²) >= 11 is 18.1. The summed E-state index contributed by atoms with van der Waals surface area (Å²) in [4.78, 5) is 15.4. The number of halogens is 4. The first kappa shape index (κ1) is 22.9. The maximum Gasteiger partial charge on any atom is 0.268 e. The number of nitrogens with two attached hydrogens (primary N) is 1. The highest BCUT2D eigenvalue weighted by Crippen LogP contribution is 2.35. The van der Waals surface area contributed by atoms with Gasteiger partial charge in [0, 0.05) is 16.1 Å². The lowest BCUT2D eigenvalue weighted by molar-refractivity contribution is 0.0992. The van der Waals surface area contributed by atoms with Crippen molar-refractivity contribution in [2.75, 3.05) is 0 Å². The molecule has 3 aromatic rings. The van der Waals surface area contributed by atoms with E-state index in [1.807, 2.05) is 0 Å². The van der Waals surface area contributed by atoms with E-state index in [1.54, 1.807) is 6.07 Å². The molecule has 1 heterocycles. The van der Waals surface area contributed by atoms with Crippen molar-refractivity contribution in [2.24, 2.45) is 5.73 Å². The molecule has 0 unspecified atom stereocenters. The summed E-state index contributed by atoms with van der Waals surface area (Å²) in [5.41, 5.74) is 5.90. The Bertz CT molecular complexity index is 1220. The largest absolute Gasteiger partial charge is 0.453 e. The summed E-state index contributed by atoms with van der Waals surface area (Å²) in [6.07, 6.45) is 0.454. The molecular weight excluding hydrogens is 468 g/mol. The molecule has 31 heavy (non-hydrogen) atoms. The first-order valence-corrected chi connectivity index (χ1v) is 9.94. The predicted octanol–water partition coefficient (Wildman–Crippen LogP) is 4.65. The van der Waals surface area contributed by atoms with Crippen molar-refractivity contribution in [3.05, 3.63) is 74.5 Å². The molecule has 0 aliphatic heterocycles. The van der Waals surface area contributed by atoms with Crippen molar-refractivity contribution in [2.45, 2.75) is 19.6 Å². The van der Waals surface area contributed by atoms with Gasteiger partial charge in [0.2, 0.25) is 0 Å². The predicted molar refractivity (Wildman–Crippen MR) is 116 cm³/mol. The monoisotopic (exact) mass is 481 g/mol. The van der Waals surface area contributed by atoms with Crippen LogP contribution in [-0.4, -0.2) is 26.7 Å². The second-order valence-electron chi connectivity index (χ2n) is 6.45. The lowest BCUT2D eigenvalue weighted by Crippen LogP contribution is -2.18. The third-order valence-corrected chi connectivity index (χ3v) is 4.81. The van der Waals surface area contributed by atoms with Gasteiger partial charge in [-0.15, -0.1) is 0 Å². The molecule has 1 amide bonds. The number of amides is 1. The average Bonchev–Trinajstić information content (AvgIpc) is 3.05. The number of imidazole rings is 1. The first-order chi connectivity index (χ1) is 14.7. The number of ether oxygens (including phenoxy) is 1. The number of hydrogen-bond donors (Lipinski definition) is 2. The van der Waals surface area contributed by atoms with Crippen LogP contribution in [-0.2, 0) is 6.54 Å². The number of nitrogens with zero attached hydrogens (tertiary/aromatic N) is 2. The lowest BCUT2D eigenvalue weighted by atomic mass is 10.1. The van der Waals surface area contributed by atoms with Gasteiger partial charge >= 0.3 is 0 Å². The fourth-order valence-electron chi connectivity index (χ4n) is 2.69. The highest BCUT2D eigenvalue weighted by molar-refractivity contribution is 6.32. The maximum absolute atomic E-state index is 15.2. The molecule has 0 fully saturated rings. The zero-order valence-corrected chi connectivity index (χ0v) is 18.3. The quantitative estimate of drug-likeness (QED) is 0.518. The molecule has 160 valence electrons. The summed E-state index contributed by atoms with van der Waals surface area (Å²) in [5.74, 6) is 3.76. The van der Waals surface area contributed by atoms with Gasteiger partial charge in [-0.05, 0) is 31.2 Å². The smallest absolute Gasteiger partial charge is 0.268 e. The van der Waals surface area contributed by atoms with Gasteiger partial charge in [-0.3, -0.25) is 4.79 Å². The number of rotatable bonds is 5. The minimum absolute atomic E-state index is 0.0247. The number of carbonyl (C=O) groups is 1. The fraction of sp³-hybridized carbons (Fsp3) is 0.143. The summed E-state index contributed by atoms with van der Waals surface area (Å²) in [6, 6.07) is 7.48. The van der Waals surface area contributed by atoms with Crippen LogP contribution in [0.2, 0.25) is 15.2 Å². The number of carbonyl (C=O) groups excluding carboxylic acids is 1. The van der Waals surface area contributed by atoms with E-state index in [9.17, 15) is 9.90 Å². The molecular formula is C21H15Cl3FN3O3. The lowest BCUT2D eigenvalue weighted by Gasteiger charge is -2.13. The van der Waals surface area contributed by atoms with Gasteiger partial charge in [0.05, 0.1) is 17.9 Å². The molecule has 2 aromatic carbocycles. The van der Waals surface area contributed by atoms with E-state index in [4.69, 9.17) is 45.3 Å². The molecule has 3 N–H and O–H groups in total. The van der Waals surface area contributed by atoms with Crippen LogP contribution < -0.4 is 10.5 Å².